The van der Waals surface area contributed by atoms with Crippen LogP contribution in [0.2, 0.25) is 0 Å². The van der Waals surface area contributed by atoms with Crippen LogP contribution in [0.4, 0.5) is 5.69 Å². The third-order valence-electron chi connectivity index (χ3n) is 4.39. The summed E-state index contributed by atoms with van der Waals surface area (Å²) in [5, 5.41) is 6.31. The van der Waals surface area contributed by atoms with Crippen molar-refractivity contribution in [3.63, 3.8) is 0 Å². The normalized spacial score (nSPS) is 22.6. The molecular weight excluding hydrogens is 240 g/mol. The number of nitrogens with zero attached hydrogens (tertiary/aromatic N) is 3. The van der Waals surface area contributed by atoms with Gasteiger partial charge in [0.15, 0.2) is 0 Å². The van der Waals surface area contributed by atoms with Gasteiger partial charge >= 0.3 is 0 Å². The molecule has 0 aliphatic carbocycles. The quantitative estimate of drug-likeness (QED) is 0.871. The van der Waals surface area contributed by atoms with Gasteiger partial charge in [-0.1, -0.05) is 6.42 Å². The molecule has 0 bridgehead atoms. The van der Waals surface area contributed by atoms with Crippen LogP contribution in [0.5, 0.6) is 0 Å². The van der Waals surface area contributed by atoms with Gasteiger partial charge in [-0.3, -0.25) is 4.79 Å². The molecule has 0 unspecified atom stereocenters. The first kappa shape index (κ1) is 12.7. The number of aromatic nitrogens is 2. The standard InChI is InChI=1S/C14H22N4O/c19-14-10-13(11-15-16-14)18-8-4-12(5-9-18)17-6-2-1-3-7-17/h10-12H,1-9H2,(H,16,19). The van der Waals surface area contributed by atoms with E-state index in [1.807, 2.05) is 0 Å². The summed E-state index contributed by atoms with van der Waals surface area (Å²) >= 11 is 0. The molecule has 104 valence electrons. The molecule has 0 saturated carbocycles. The van der Waals surface area contributed by atoms with Gasteiger partial charge < -0.3 is 9.80 Å². The zero-order valence-corrected chi connectivity index (χ0v) is 11.3. The van der Waals surface area contributed by atoms with Crippen molar-refractivity contribution in [3.8, 4) is 0 Å². The highest BCUT2D eigenvalue weighted by atomic mass is 16.1. The molecule has 3 rings (SSSR count). The lowest BCUT2D eigenvalue weighted by atomic mass is 10.00. The minimum absolute atomic E-state index is 0.115. The van der Waals surface area contributed by atoms with Crippen molar-refractivity contribution in [1.29, 1.82) is 0 Å². The first-order valence-corrected chi connectivity index (χ1v) is 7.37. The largest absolute Gasteiger partial charge is 0.370 e. The third-order valence-corrected chi connectivity index (χ3v) is 4.39. The van der Waals surface area contributed by atoms with Gasteiger partial charge in [0.05, 0.1) is 11.9 Å². The lowest BCUT2D eigenvalue weighted by Gasteiger charge is -2.40. The summed E-state index contributed by atoms with van der Waals surface area (Å²) in [5.41, 5.74) is 0.844. The van der Waals surface area contributed by atoms with E-state index in [2.05, 4.69) is 20.0 Å². The van der Waals surface area contributed by atoms with Crippen LogP contribution in [0, 0.1) is 0 Å². The molecule has 1 aromatic rings. The maximum absolute atomic E-state index is 11.3. The number of hydrogen-bond donors (Lipinski definition) is 1. The van der Waals surface area contributed by atoms with Crippen LogP contribution in [-0.2, 0) is 0 Å². The molecule has 0 amide bonds. The highest BCUT2D eigenvalue weighted by molar-refractivity contribution is 5.43. The minimum Gasteiger partial charge on any atom is -0.370 e. The van der Waals surface area contributed by atoms with Gasteiger partial charge in [-0.15, -0.1) is 0 Å². The molecule has 19 heavy (non-hydrogen) atoms. The number of anilines is 1. The van der Waals surface area contributed by atoms with E-state index in [-0.39, 0.29) is 5.56 Å². The summed E-state index contributed by atoms with van der Waals surface area (Å²) in [6, 6.07) is 2.39. The lowest BCUT2D eigenvalue weighted by molar-refractivity contribution is 0.141. The van der Waals surface area contributed by atoms with E-state index in [0.717, 1.165) is 24.8 Å². The van der Waals surface area contributed by atoms with Crippen molar-refractivity contribution in [2.75, 3.05) is 31.1 Å². The van der Waals surface area contributed by atoms with E-state index in [0.29, 0.717) is 0 Å². The van der Waals surface area contributed by atoms with Crippen LogP contribution < -0.4 is 10.5 Å². The van der Waals surface area contributed by atoms with Crippen LogP contribution in [-0.4, -0.2) is 47.3 Å². The van der Waals surface area contributed by atoms with Gasteiger partial charge in [-0.2, -0.15) is 5.10 Å². The van der Waals surface area contributed by atoms with Crippen molar-refractivity contribution >= 4 is 5.69 Å². The van der Waals surface area contributed by atoms with E-state index in [1.54, 1.807) is 12.3 Å². The number of H-pyrrole nitrogens is 1. The smallest absolute Gasteiger partial charge is 0.266 e. The molecule has 5 nitrogen and oxygen atoms in total. The Kier molecular flexibility index (Phi) is 3.82. The maximum atomic E-state index is 11.3. The van der Waals surface area contributed by atoms with Crippen LogP contribution in [0.3, 0.4) is 0 Å². The van der Waals surface area contributed by atoms with Gasteiger partial charge in [-0.25, -0.2) is 5.10 Å². The van der Waals surface area contributed by atoms with Crippen molar-refractivity contribution in [2.45, 2.75) is 38.1 Å². The molecule has 1 aromatic heterocycles. The second kappa shape index (κ2) is 5.74. The monoisotopic (exact) mass is 262 g/mol. The fraction of sp³-hybridized carbons (Fsp3) is 0.714. The summed E-state index contributed by atoms with van der Waals surface area (Å²) < 4.78 is 0. The summed E-state index contributed by atoms with van der Waals surface area (Å²) in [6.07, 6.45) is 8.27. The minimum atomic E-state index is -0.115. The average molecular weight is 262 g/mol. The summed E-state index contributed by atoms with van der Waals surface area (Å²) in [6.45, 7) is 4.62. The zero-order chi connectivity index (χ0) is 13.1. The first-order valence-electron chi connectivity index (χ1n) is 7.37. The number of rotatable bonds is 2. The van der Waals surface area contributed by atoms with Crippen molar-refractivity contribution in [3.05, 3.63) is 22.6 Å². The molecule has 3 heterocycles. The molecule has 0 spiro atoms. The SMILES string of the molecule is O=c1cc(N2CCC(N3CCCCC3)CC2)cn[nH]1. The lowest BCUT2D eigenvalue weighted by Crippen LogP contribution is -2.46. The topological polar surface area (TPSA) is 52.2 Å². The predicted octanol–water partition coefficient (Wildman–Crippen LogP) is 1.22. The zero-order valence-electron chi connectivity index (χ0n) is 11.3. The van der Waals surface area contributed by atoms with Crippen LogP contribution in [0.25, 0.3) is 0 Å². The Morgan fingerprint density at radius 1 is 1.11 bits per heavy atom. The maximum Gasteiger partial charge on any atom is 0.266 e. The van der Waals surface area contributed by atoms with Gasteiger partial charge in [-0.05, 0) is 38.8 Å². The van der Waals surface area contributed by atoms with Crippen molar-refractivity contribution in [1.82, 2.24) is 15.1 Å². The molecule has 2 saturated heterocycles. The fourth-order valence-electron chi connectivity index (χ4n) is 3.31. The molecule has 0 radical (unpaired) electrons. The molecule has 2 fully saturated rings. The van der Waals surface area contributed by atoms with Crippen LogP contribution in [0.1, 0.15) is 32.1 Å². The van der Waals surface area contributed by atoms with Gasteiger partial charge in [0.1, 0.15) is 0 Å². The number of nitrogens with one attached hydrogen (secondary N) is 1. The Hall–Kier alpha value is -1.36. The third kappa shape index (κ3) is 2.97. The fourth-order valence-corrected chi connectivity index (χ4v) is 3.31. The van der Waals surface area contributed by atoms with Gasteiger partial charge in [0.25, 0.3) is 5.56 Å². The Morgan fingerprint density at radius 3 is 2.53 bits per heavy atom. The van der Waals surface area contributed by atoms with Crippen LogP contribution >= 0.6 is 0 Å². The van der Waals surface area contributed by atoms with Gasteiger partial charge in [0.2, 0.25) is 0 Å². The van der Waals surface area contributed by atoms with Crippen LogP contribution in [0.15, 0.2) is 17.1 Å². The highest BCUT2D eigenvalue weighted by Crippen LogP contribution is 2.23. The Labute approximate surface area is 113 Å². The Balaban J connectivity index is 1.58. The second-order valence-corrected chi connectivity index (χ2v) is 5.62. The molecule has 0 atom stereocenters. The van der Waals surface area contributed by atoms with E-state index in [1.165, 1.54) is 45.2 Å². The molecule has 0 aromatic carbocycles. The molecule has 2 aliphatic rings. The van der Waals surface area contributed by atoms with Crippen molar-refractivity contribution in [2.24, 2.45) is 0 Å². The molecule has 5 heteroatoms. The van der Waals surface area contributed by atoms with E-state index < -0.39 is 0 Å². The number of aromatic amines is 1. The average Bonchev–Trinajstić information content (AvgIpc) is 2.48. The summed E-state index contributed by atoms with van der Waals surface area (Å²) in [7, 11) is 0. The summed E-state index contributed by atoms with van der Waals surface area (Å²) in [5.74, 6) is 0. The Bertz CT molecular complexity index is 459. The van der Waals surface area contributed by atoms with E-state index in [9.17, 15) is 4.79 Å². The molecule has 1 N–H and O–H groups in total. The Morgan fingerprint density at radius 2 is 1.84 bits per heavy atom. The number of likely N-dealkylation sites (tertiary alicyclic amines) is 1. The van der Waals surface area contributed by atoms with Crippen molar-refractivity contribution < 1.29 is 0 Å². The second-order valence-electron chi connectivity index (χ2n) is 5.62. The molecule has 2 aliphatic heterocycles. The van der Waals surface area contributed by atoms with E-state index in [4.69, 9.17) is 0 Å². The predicted molar refractivity (Wildman–Crippen MR) is 75.5 cm³/mol. The number of hydrogen-bond acceptors (Lipinski definition) is 4. The number of piperidine rings is 2. The van der Waals surface area contributed by atoms with Gasteiger partial charge in [0, 0.05) is 25.2 Å². The van der Waals surface area contributed by atoms with E-state index >= 15 is 0 Å². The molecular formula is C14H22N4O. The first-order chi connectivity index (χ1) is 9.33. The summed E-state index contributed by atoms with van der Waals surface area (Å²) in [4.78, 5) is 16.2. The highest BCUT2D eigenvalue weighted by Gasteiger charge is 2.25.